The Bertz CT molecular complexity index is 1280. The molecule has 1 amide bonds. The molecule has 4 rings (SSSR count). The second-order valence-corrected chi connectivity index (χ2v) is 5.48. The van der Waals surface area contributed by atoms with Gasteiger partial charge in [-0.3, -0.25) is 14.3 Å². The van der Waals surface area contributed by atoms with E-state index in [2.05, 4.69) is 25.1 Å². The summed E-state index contributed by atoms with van der Waals surface area (Å²) in [7, 11) is 0. The molecule has 0 aliphatic carbocycles. The summed E-state index contributed by atoms with van der Waals surface area (Å²) in [4.78, 5) is 26.2. The molecule has 27 heavy (non-hydrogen) atoms. The van der Waals surface area contributed by atoms with E-state index in [4.69, 9.17) is 9.78 Å². The third-order valence-corrected chi connectivity index (χ3v) is 3.76. The van der Waals surface area contributed by atoms with Crippen LogP contribution in [0.3, 0.4) is 0 Å². The first-order valence-corrected chi connectivity index (χ1v) is 7.55. The quantitative estimate of drug-likeness (QED) is 0.498. The van der Waals surface area contributed by atoms with Gasteiger partial charge >= 0.3 is 5.76 Å². The van der Waals surface area contributed by atoms with Gasteiger partial charge in [0.1, 0.15) is 5.75 Å². The largest absolute Gasteiger partial charge is 0.508 e. The number of nitrogens with one attached hydrogen (secondary N) is 2. The zero-order valence-corrected chi connectivity index (χ0v) is 13.4. The van der Waals surface area contributed by atoms with Gasteiger partial charge in [-0.1, -0.05) is 10.3 Å². The van der Waals surface area contributed by atoms with E-state index in [0.717, 1.165) is 0 Å². The number of aromatic hydroxyl groups is 1. The van der Waals surface area contributed by atoms with Crippen LogP contribution in [0.15, 0.2) is 50.2 Å². The average Bonchev–Trinajstić information content (AvgIpc) is 3.27. The van der Waals surface area contributed by atoms with Gasteiger partial charge < -0.3 is 14.9 Å². The second kappa shape index (κ2) is 6.16. The number of aromatic nitrogens is 3. The van der Waals surface area contributed by atoms with E-state index in [1.807, 2.05) is 6.07 Å². The minimum Gasteiger partial charge on any atom is -0.508 e. The van der Waals surface area contributed by atoms with Crippen molar-refractivity contribution in [2.24, 2.45) is 0 Å². The number of anilines is 1. The molecular weight excluding hydrogens is 354 g/mol. The van der Waals surface area contributed by atoms with Crippen LogP contribution in [0.2, 0.25) is 0 Å². The number of nitrogens with zero attached hydrogens (tertiary/aromatic N) is 3. The lowest BCUT2D eigenvalue weighted by Crippen LogP contribution is -2.13. The van der Waals surface area contributed by atoms with Gasteiger partial charge in [-0.05, 0) is 30.3 Å². The van der Waals surface area contributed by atoms with E-state index < -0.39 is 11.7 Å². The highest BCUT2D eigenvalue weighted by molar-refractivity contribution is 6.11. The van der Waals surface area contributed by atoms with Gasteiger partial charge in [0.15, 0.2) is 17.1 Å². The number of benzene rings is 2. The molecule has 2 aromatic carbocycles. The van der Waals surface area contributed by atoms with Crippen molar-refractivity contribution in [2.45, 2.75) is 0 Å². The second-order valence-electron chi connectivity index (χ2n) is 5.48. The van der Waals surface area contributed by atoms with Crippen molar-refractivity contribution < 1.29 is 18.9 Å². The van der Waals surface area contributed by atoms with Crippen molar-refractivity contribution in [3.05, 3.63) is 58.2 Å². The topological polar surface area (TPSA) is 158 Å². The Hall–Kier alpha value is -4.39. The molecule has 0 unspecified atom stereocenters. The number of carbonyl (C=O) groups excluding carboxylic acids is 1. The summed E-state index contributed by atoms with van der Waals surface area (Å²) in [5.41, 5.74) is 1.13. The van der Waals surface area contributed by atoms with Crippen LogP contribution in [0.1, 0.15) is 16.1 Å². The molecule has 0 atom stereocenters. The third kappa shape index (κ3) is 2.89. The lowest BCUT2D eigenvalue weighted by Gasteiger charge is -2.08. The summed E-state index contributed by atoms with van der Waals surface area (Å²) in [6.45, 7) is 0. The van der Waals surface area contributed by atoms with Crippen LogP contribution < -0.4 is 11.1 Å². The van der Waals surface area contributed by atoms with E-state index >= 15 is 0 Å². The average molecular weight is 363 g/mol. The molecule has 2 heterocycles. The highest BCUT2D eigenvalue weighted by Gasteiger charge is 2.19. The molecule has 0 bridgehead atoms. The van der Waals surface area contributed by atoms with Crippen molar-refractivity contribution in [3.63, 3.8) is 0 Å². The van der Waals surface area contributed by atoms with Gasteiger partial charge in [-0.15, -0.1) is 0 Å². The van der Waals surface area contributed by atoms with Gasteiger partial charge in [0.05, 0.1) is 22.7 Å². The Labute approximate surface area is 149 Å². The fourth-order valence-electron chi connectivity index (χ4n) is 2.54. The summed E-state index contributed by atoms with van der Waals surface area (Å²) in [6, 6.07) is 10.7. The molecular formula is C17H9N5O5. The van der Waals surface area contributed by atoms with E-state index in [0.29, 0.717) is 16.5 Å². The van der Waals surface area contributed by atoms with Crippen LogP contribution in [0, 0.1) is 11.3 Å². The summed E-state index contributed by atoms with van der Waals surface area (Å²) >= 11 is 0. The van der Waals surface area contributed by atoms with Crippen LogP contribution in [-0.2, 0) is 0 Å². The molecule has 0 spiro atoms. The molecule has 0 saturated heterocycles. The monoisotopic (exact) mass is 363 g/mol. The molecule has 2 aromatic heterocycles. The maximum absolute atomic E-state index is 12.6. The number of nitriles is 1. The lowest BCUT2D eigenvalue weighted by molar-refractivity contribution is 0.102. The van der Waals surface area contributed by atoms with Gasteiger partial charge in [0.2, 0.25) is 0 Å². The number of H-pyrrole nitrogens is 1. The van der Waals surface area contributed by atoms with Crippen LogP contribution in [0.4, 0.5) is 5.69 Å². The number of phenols is 1. The first-order valence-electron chi connectivity index (χ1n) is 7.55. The van der Waals surface area contributed by atoms with E-state index in [1.54, 1.807) is 0 Å². The van der Waals surface area contributed by atoms with E-state index in [9.17, 15) is 14.7 Å². The lowest BCUT2D eigenvalue weighted by atomic mass is 10.1. The first kappa shape index (κ1) is 16.1. The van der Waals surface area contributed by atoms with Crippen LogP contribution >= 0.6 is 0 Å². The SMILES string of the molecule is N#Cc1ccc(NC(=O)c2noc3cc(O)ccc23)c(-c2noc(=O)[nH]2)c1. The highest BCUT2D eigenvalue weighted by atomic mass is 16.5. The Balaban J connectivity index is 1.74. The maximum atomic E-state index is 12.6. The Morgan fingerprint density at radius 2 is 2.04 bits per heavy atom. The number of phenolic OH excluding ortho intramolecular Hbond substituents is 1. The number of fused-ring (bicyclic) bond motifs is 1. The fraction of sp³-hybridized carbons (Fsp3) is 0. The number of hydrogen-bond donors (Lipinski definition) is 3. The molecule has 0 radical (unpaired) electrons. The Kier molecular flexibility index (Phi) is 3.67. The predicted molar refractivity (Wildman–Crippen MR) is 90.9 cm³/mol. The number of rotatable bonds is 3. The molecule has 10 nitrogen and oxygen atoms in total. The summed E-state index contributed by atoms with van der Waals surface area (Å²) < 4.78 is 9.54. The van der Waals surface area contributed by atoms with E-state index in [1.165, 1.54) is 36.4 Å². The number of aromatic amines is 1. The molecule has 0 aliphatic heterocycles. The molecule has 0 aliphatic rings. The van der Waals surface area contributed by atoms with Crippen LogP contribution in [0.25, 0.3) is 22.4 Å². The van der Waals surface area contributed by atoms with Crippen molar-refractivity contribution in [1.82, 2.24) is 15.3 Å². The smallest absolute Gasteiger partial charge is 0.439 e. The van der Waals surface area contributed by atoms with E-state index in [-0.39, 0.29) is 28.5 Å². The van der Waals surface area contributed by atoms with Crippen LogP contribution in [0.5, 0.6) is 5.75 Å². The Morgan fingerprint density at radius 3 is 2.78 bits per heavy atom. The normalized spacial score (nSPS) is 10.6. The van der Waals surface area contributed by atoms with Crippen molar-refractivity contribution in [3.8, 4) is 23.2 Å². The summed E-state index contributed by atoms with van der Waals surface area (Å²) in [6.07, 6.45) is 0. The molecule has 132 valence electrons. The van der Waals surface area contributed by atoms with Crippen molar-refractivity contribution in [2.75, 3.05) is 5.32 Å². The van der Waals surface area contributed by atoms with Gasteiger partial charge in [-0.25, -0.2) is 4.79 Å². The summed E-state index contributed by atoms with van der Waals surface area (Å²) in [5, 5.41) is 28.9. The standard InChI is InChI=1S/C17H9N5O5/c18-7-8-1-4-12(11(5-8)15-20-17(25)27-22-15)19-16(24)14-10-3-2-9(23)6-13(10)26-21-14/h1-6,23H,(H,19,24)(H,20,22,25). The molecule has 4 aromatic rings. The predicted octanol–water partition coefficient (Wildman–Crippen LogP) is 2.00. The van der Waals surface area contributed by atoms with Gasteiger partial charge in [0.25, 0.3) is 5.91 Å². The van der Waals surface area contributed by atoms with Gasteiger partial charge in [-0.2, -0.15) is 5.26 Å². The minimum absolute atomic E-state index is 0.00829. The zero-order chi connectivity index (χ0) is 19.0. The van der Waals surface area contributed by atoms with Crippen molar-refractivity contribution >= 4 is 22.6 Å². The number of carbonyl (C=O) groups is 1. The zero-order valence-electron chi connectivity index (χ0n) is 13.4. The Morgan fingerprint density at radius 1 is 1.19 bits per heavy atom. The third-order valence-electron chi connectivity index (χ3n) is 3.76. The first-order chi connectivity index (χ1) is 13.0. The molecule has 0 saturated carbocycles. The molecule has 3 N–H and O–H groups in total. The van der Waals surface area contributed by atoms with Crippen molar-refractivity contribution in [1.29, 1.82) is 5.26 Å². The van der Waals surface area contributed by atoms with Crippen LogP contribution in [-0.4, -0.2) is 26.3 Å². The summed E-state index contributed by atoms with van der Waals surface area (Å²) in [5.74, 6) is -1.32. The number of amides is 1. The fourth-order valence-corrected chi connectivity index (χ4v) is 2.54. The molecule has 10 heteroatoms. The minimum atomic E-state index is -0.771. The van der Waals surface area contributed by atoms with Gasteiger partial charge in [0, 0.05) is 11.6 Å². The maximum Gasteiger partial charge on any atom is 0.439 e. The highest BCUT2D eigenvalue weighted by Crippen LogP contribution is 2.28. The number of hydrogen-bond acceptors (Lipinski definition) is 8. The molecule has 0 fully saturated rings.